The van der Waals surface area contributed by atoms with Crippen LogP contribution in [0.1, 0.15) is 15.9 Å². The van der Waals surface area contributed by atoms with Crippen LogP contribution < -0.4 is 10.6 Å². The van der Waals surface area contributed by atoms with Crippen molar-refractivity contribution in [3.8, 4) is 5.69 Å². The summed E-state index contributed by atoms with van der Waals surface area (Å²) in [4.78, 5) is 24.2. The second kappa shape index (κ2) is 7.23. The molecule has 0 atom stereocenters. The van der Waals surface area contributed by atoms with Gasteiger partial charge in [-0.25, -0.2) is 4.79 Å². The Labute approximate surface area is 150 Å². The number of carbonyl (C=O) groups excluding carboxylic acids is 2. The Morgan fingerprint density at radius 1 is 1.00 bits per heavy atom. The highest BCUT2D eigenvalue weighted by molar-refractivity contribution is 6.34. The highest BCUT2D eigenvalue weighted by Crippen LogP contribution is 2.20. The number of urea groups is 1. The van der Waals surface area contributed by atoms with Gasteiger partial charge < -0.3 is 9.88 Å². The van der Waals surface area contributed by atoms with Crippen LogP contribution >= 0.6 is 11.6 Å². The summed E-state index contributed by atoms with van der Waals surface area (Å²) in [6, 6.07) is 15.3. The van der Waals surface area contributed by atoms with Crippen molar-refractivity contribution in [2.45, 2.75) is 6.92 Å². The summed E-state index contributed by atoms with van der Waals surface area (Å²) in [5.41, 5.74) is 2.84. The molecule has 1 heterocycles. The van der Waals surface area contributed by atoms with Crippen molar-refractivity contribution in [1.29, 1.82) is 0 Å². The molecule has 2 aromatic carbocycles. The smallest absolute Gasteiger partial charge is 0.324 e. The molecule has 0 aliphatic carbocycles. The number of halogens is 1. The number of imide groups is 1. The van der Waals surface area contributed by atoms with E-state index < -0.39 is 11.9 Å². The van der Waals surface area contributed by atoms with Gasteiger partial charge in [0.15, 0.2) is 0 Å². The van der Waals surface area contributed by atoms with Crippen LogP contribution in [0.4, 0.5) is 10.5 Å². The maximum atomic E-state index is 12.1. The van der Waals surface area contributed by atoms with Gasteiger partial charge in [-0.2, -0.15) is 0 Å². The minimum absolute atomic E-state index is 0.247. The number of rotatable bonds is 3. The van der Waals surface area contributed by atoms with E-state index in [4.69, 9.17) is 11.6 Å². The number of aromatic nitrogens is 1. The molecule has 0 unspecified atom stereocenters. The van der Waals surface area contributed by atoms with Crippen LogP contribution in [0.25, 0.3) is 5.69 Å². The lowest BCUT2D eigenvalue weighted by atomic mass is 10.2. The fourth-order valence-corrected chi connectivity index (χ4v) is 2.66. The zero-order chi connectivity index (χ0) is 17.8. The van der Waals surface area contributed by atoms with E-state index in [-0.39, 0.29) is 10.6 Å². The zero-order valence-electron chi connectivity index (χ0n) is 13.5. The third-order valence-corrected chi connectivity index (χ3v) is 4.02. The Hall–Kier alpha value is -3.05. The molecule has 3 aromatic rings. The molecule has 0 saturated heterocycles. The Morgan fingerprint density at radius 2 is 1.72 bits per heavy atom. The number of carbonyl (C=O) groups is 2. The molecule has 6 heteroatoms. The Kier molecular flexibility index (Phi) is 4.86. The van der Waals surface area contributed by atoms with E-state index in [1.165, 1.54) is 0 Å². The largest absolute Gasteiger partial charge is 0.326 e. The molecule has 3 rings (SSSR count). The lowest BCUT2D eigenvalue weighted by molar-refractivity contribution is 0.0967. The number of hydrogen-bond acceptors (Lipinski definition) is 2. The predicted molar refractivity (Wildman–Crippen MR) is 98.4 cm³/mol. The number of amides is 3. The SMILES string of the molecule is Cc1ccc(NC(=O)NC(=O)c2ccccc2Cl)cc1-n1cccc1. The highest BCUT2D eigenvalue weighted by atomic mass is 35.5. The van der Waals surface area contributed by atoms with Crippen LogP contribution in [0.3, 0.4) is 0 Å². The van der Waals surface area contributed by atoms with Gasteiger partial charge in [0.2, 0.25) is 0 Å². The second-order valence-corrected chi connectivity index (χ2v) is 5.89. The molecule has 0 saturated carbocycles. The first-order valence-electron chi connectivity index (χ1n) is 7.65. The van der Waals surface area contributed by atoms with Crippen LogP contribution in [-0.4, -0.2) is 16.5 Å². The molecule has 0 bridgehead atoms. The Balaban J connectivity index is 1.72. The van der Waals surface area contributed by atoms with Gasteiger partial charge in [0, 0.05) is 23.8 Å². The fourth-order valence-electron chi connectivity index (χ4n) is 2.44. The van der Waals surface area contributed by atoms with E-state index in [9.17, 15) is 9.59 Å². The minimum Gasteiger partial charge on any atom is -0.324 e. The van der Waals surface area contributed by atoms with Gasteiger partial charge in [0.05, 0.1) is 10.6 Å². The molecule has 0 aliphatic heterocycles. The average Bonchev–Trinajstić information content (AvgIpc) is 3.11. The number of nitrogens with zero attached hydrogens (tertiary/aromatic N) is 1. The minimum atomic E-state index is -0.618. The van der Waals surface area contributed by atoms with Gasteiger partial charge >= 0.3 is 6.03 Å². The molecule has 2 N–H and O–H groups in total. The predicted octanol–water partition coefficient (Wildman–Crippen LogP) is 4.40. The van der Waals surface area contributed by atoms with Crippen molar-refractivity contribution >= 4 is 29.2 Å². The van der Waals surface area contributed by atoms with Crippen molar-refractivity contribution in [1.82, 2.24) is 9.88 Å². The monoisotopic (exact) mass is 353 g/mol. The molecule has 5 nitrogen and oxygen atoms in total. The first-order valence-corrected chi connectivity index (χ1v) is 8.03. The van der Waals surface area contributed by atoms with Crippen molar-refractivity contribution in [3.63, 3.8) is 0 Å². The van der Waals surface area contributed by atoms with E-state index in [0.29, 0.717) is 5.69 Å². The first kappa shape index (κ1) is 16.8. The number of anilines is 1. The highest BCUT2D eigenvalue weighted by Gasteiger charge is 2.13. The van der Waals surface area contributed by atoms with E-state index in [1.54, 1.807) is 30.3 Å². The summed E-state index contributed by atoms with van der Waals surface area (Å²) in [6.45, 7) is 1.99. The lowest BCUT2D eigenvalue weighted by Crippen LogP contribution is -2.34. The van der Waals surface area contributed by atoms with Crippen molar-refractivity contribution in [3.05, 3.63) is 83.1 Å². The second-order valence-electron chi connectivity index (χ2n) is 5.48. The number of aryl methyl sites for hydroxylation is 1. The summed E-state index contributed by atoms with van der Waals surface area (Å²) in [7, 11) is 0. The van der Waals surface area contributed by atoms with Gasteiger partial charge in [-0.3, -0.25) is 10.1 Å². The van der Waals surface area contributed by atoms with E-state index in [1.807, 2.05) is 48.1 Å². The third kappa shape index (κ3) is 3.89. The average molecular weight is 354 g/mol. The molecule has 1 aromatic heterocycles. The maximum Gasteiger partial charge on any atom is 0.326 e. The number of nitrogens with one attached hydrogen (secondary N) is 2. The van der Waals surface area contributed by atoms with Gasteiger partial charge in [-0.05, 0) is 48.9 Å². The van der Waals surface area contributed by atoms with E-state index >= 15 is 0 Å². The first-order chi connectivity index (χ1) is 12.0. The van der Waals surface area contributed by atoms with Crippen molar-refractivity contribution < 1.29 is 9.59 Å². The summed E-state index contributed by atoms with van der Waals surface area (Å²) < 4.78 is 1.95. The van der Waals surface area contributed by atoms with Crippen molar-refractivity contribution in [2.75, 3.05) is 5.32 Å². The molecule has 0 radical (unpaired) electrons. The number of benzene rings is 2. The molecule has 0 aliphatic rings. The quantitative estimate of drug-likeness (QED) is 0.733. The van der Waals surface area contributed by atoms with Crippen molar-refractivity contribution in [2.24, 2.45) is 0 Å². The van der Waals surface area contributed by atoms with Gasteiger partial charge in [0.25, 0.3) is 5.91 Å². The summed E-state index contributed by atoms with van der Waals surface area (Å²) in [5, 5.41) is 5.23. The summed E-state index contributed by atoms with van der Waals surface area (Å²) in [5.74, 6) is -0.555. The number of hydrogen-bond donors (Lipinski definition) is 2. The van der Waals surface area contributed by atoms with Gasteiger partial charge in [-0.15, -0.1) is 0 Å². The normalized spacial score (nSPS) is 10.3. The topological polar surface area (TPSA) is 63.1 Å². The van der Waals surface area contributed by atoms with Crippen LogP contribution in [-0.2, 0) is 0 Å². The van der Waals surface area contributed by atoms with Crippen LogP contribution in [0, 0.1) is 6.92 Å². The fraction of sp³-hybridized carbons (Fsp3) is 0.0526. The Bertz CT molecular complexity index is 920. The summed E-state index contributed by atoms with van der Waals surface area (Å²) in [6.07, 6.45) is 3.85. The molecule has 3 amide bonds. The molecule has 0 spiro atoms. The molecule has 126 valence electrons. The molecule has 25 heavy (non-hydrogen) atoms. The summed E-state index contributed by atoms with van der Waals surface area (Å²) >= 11 is 5.96. The van der Waals surface area contributed by atoms with E-state index in [0.717, 1.165) is 11.3 Å². The third-order valence-electron chi connectivity index (χ3n) is 3.70. The van der Waals surface area contributed by atoms with Crippen LogP contribution in [0.15, 0.2) is 67.0 Å². The lowest BCUT2D eigenvalue weighted by Gasteiger charge is -2.12. The standard InChI is InChI=1S/C19H16ClN3O2/c1-13-8-9-14(12-17(13)23-10-4-5-11-23)21-19(25)22-18(24)15-6-2-3-7-16(15)20/h2-12H,1H3,(H2,21,22,24,25). The molecular formula is C19H16ClN3O2. The van der Waals surface area contributed by atoms with Gasteiger partial charge in [-0.1, -0.05) is 29.8 Å². The maximum absolute atomic E-state index is 12.1. The molecular weight excluding hydrogens is 338 g/mol. The van der Waals surface area contributed by atoms with Crippen LogP contribution in [0.2, 0.25) is 5.02 Å². The zero-order valence-corrected chi connectivity index (χ0v) is 14.2. The molecule has 0 fully saturated rings. The van der Waals surface area contributed by atoms with Gasteiger partial charge in [0.1, 0.15) is 0 Å². The van der Waals surface area contributed by atoms with E-state index in [2.05, 4.69) is 10.6 Å². The van der Waals surface area contributed by atoms with Crippen LogP contribution in [0.5, 0.6) is 0 Å². The Morgan fingerprint density at radius 3 is 2.44 bits per heavy atom.